The quantitative estimate of drug-likeness (QED) is 0.739. The largest absolute Gasteiger partial charge is 0.496 e. The summed E-state index contributed by atoms with van der Waals surface area (Å²) in [5.74, 6) is 0.770. The van der Waals surface area contributed by atoms with Crippen LogP contribution < -0.4 is 4.74 Å². The van der Waals surface area contributed by atoms with E-state index in [1.807, 2.05) is 42.5 Å². The second-order valence-corrected chi connectivity index (χ2v) is 4.91. The number of hydrogen-bond donors (Lipinski definition) is 0. The predicted molar refractivity (Wildman–Crippen MR) is 75.6 cm³/mol. The van der Waals surface area contributed by atoms with Gasteiger partial charge in [-0.25, -0.2) is 0 Å². The smallest absolute Gasteiger partial charge is 0.124 e. The van der Waals surface area contributed by atoms with E-state index in [1.165, 1.54) is 0 Å². The van der Waals surface area contributed by atoms with E-state index >= 15 is 0 Å². The number of rotatable bonds is 4. The second kappa shape index (κ2) is 6.12. The molecule has 0 heterocycles. The highest BCUT2D eigenvalue weighted by Crippen LogP contribution is 2.31. The summed E-state index contributed by atoms with van der Waals surface area (Å²) in [4.78, 5) is 0. The van der Waals surface area contributed by atoms with E-state index in [0.717, 1.165) is 28.3 Å². The monoisotopic (exact) mass is 279 g/mol. The van der Waals surface area contributed by atoms with Crippen molar-refractivity contribution in [1.29, 1.82) is 0 Å². The molecule has 0 spiro atoms. The van der Waals surface area contributed by atoms with Gasteiger partial charge in [0.1, 0.15) is 5.75 Å². The van der Waals surface area contributed by atoms with Crippen LogP contribution in [0, 0.1) is 6.07 Å². The van der Waals surface area contributed by atoms with Gasteiger partial charge in [-0.3, -0.25) is 0 Å². The van der Waals surface area contributed by atoms with E-state index in [4.69, 9.17) is 27.9 Å². The molecule has 0 bridgehead atoms. The first-order chi connectivity index (χ1) is 8.70. The maximum Gasteiger partial charge on any atom is 0.124 e. The van der Waals surface area contributed by atoms with Crippen LogP contribution >= 0.6 is 23.2 Å². The number of hydrogen-bond acceptors (Lipinski definition) is 1. The fourth-order valence-corrected chi connectivity index (χ4v) is 2.26. The first kappa shape index (κ1) is 13.3. The van der Waals surface area contributed by atoms with Crippen molar-refractivity contribution in [2.24, 2.45) is 0 Å². The molecule has 0 aliphatic rings. The van der Waals surface area contributed by atoms with E-state index in [2.05, 4.69) is 6.07 Å². The molecule has 3 heteroatoms. The van der Waals surface area contributed by atoms with Gasteiger partial charge in [0.05, 0.1) is 12.5 Å². The minimum atomic E-state index is -0.165. The molecule has 0 N–H and O–H groups in total. The Bertz CT molecular complexity index is 508. The number of benzene rings is 2. The Morgan fingerprint density at radius 2 is 1.94 bits per heavy atom. The zero-order valence-electron chi connectivity index (χ0n) is 9.99. The van der Waals surface area contributed by atoms with Crippen molar-refractivity contribution in [3.63, 3.8) is 0 Å². The molecule has 0 aliphatic carbocycles. The van der Waals surface area contributed by atoms with Crippen molar-refractivity contribution in [2.75, 3.05) is 7.11 Å². The Balaban J connectivity index is 2.16. The number of methoxy groups -OCH3 is 1. The van der Waals surface area contributed by atoms with Crippen molar-refractivity contribution in [3.05, 3.63) is 64.7 Å². The molecule has 1 atom stereocenters. The second-order valence-electron chi connectivity index (χ2n) is 3.95. The average Bonchev–Trinajstić information content (AvgIpc) is 2.41. The van der Waals surface area contributed by atoms with Crippen molar-refractivity contribution < 1.29 is 4.74 Å². The molecule has 1 radical (unpaired) electrons. The highest BCUT2D eigenvalue weighted by Gasteiger charge is 2.13. The third kappa shape index (κ3) is 3.18. The molecular formula is C15H13Cl2O. The van der Waals surface area contributed by atoms with Crippen LogP contribution in [0.15, 0.2) is 42.5 Å². The van der Waals surface area contributed by atoms with Gasteiger partial charge in [0.15, 0.2) is 0 Å². The van der Waals surface area contributed by atoms with Crippen LogP contribution in [0.4, 0.5) is 0 Å². The van der Waals surface area contributed by atoms with Gasteiger partial charge in [0, 0.05) is 10.6 Å². The third-order valence-electron chi connectivity index (χ3n) is 2.71. The lowest BCUT2D eigenvalue weighted by molar-refractivity contribution is 0.409. The van der Waals surface area contributed by atoms with Crippen molar-refractivity contribution in [2.45, 2.75) is 11.8 Å². The van der Waals surface area contributed by atoms with Crippen molar-refractivity contribution >= 4 is 23.2 Å². The molecule has 2 aromatic rings. The summed E-state index contributed by atoms with van der Waals surface area (Å²) in [6.45, 7) is 0. The summed E-state index contributed by atoms with van der Waals surface area (Å²) in [5.41, 5.74) is 2.02. The van der Waals surface area contributed by atoms with E-state index in [9.17, 15) is 0 Å². The summed E-state index contributed by atoms with van der Waals surface area (Å²) in [7, 11) is 1.64. The van der Waals surface area contributed by atoms with Gasteiger partial charge in [-0.15, -0.1) is 11.6 Å². The van der Waals surface area contributed by atoms with E-state index in [1.54, 1.807) is 7.11 Å². The Morgan fingerprint density at radius 3 is 2.61 bits per heavy atom. The van der Waals surface area contributed by atoms with Crippen LogP contribution in [0.5, 0.6) is 5.75 Å². The summed E-state index contributed by atoms with van der Waals surface area (Å²) in [6, 6.07) is 16.4. The summed E-state index contributed by atoms with van der Waals surface area (Å²) < 4.78 is 5.29. The van der Waals surface area contributed by atoms with Gasteiger partial charge in [-0.05, 0) is 36.2 Å². The van der Waals surface area contributed by atoms with Crippen molar-refractivity contribution in [1.82, 2.24) is 0 Å². The molecule has 0 saturated heterocycles. The molecule has 93 valence electrons. The van der Waals surface area contributed by atoms with E-state index in [0.29, 0.717) is 0 Å². The molecule has 0 amide bonds. The molecule has 18 heavy (non-hydrogen) atoms. The lowest BCUT2D eigenvalue weighted by Gasteiger charge is -2.13. The van der Waals surface area contributed by atoms with E-state index < -0.39 is 0 Å². The number of alkyl halides is 1. The summed E-state index contributed by atoms with van der Waals surface area (Å²) >= 11 is 12.3. The molecular weight excluding hydrogens is 267 g/mol. The normalized spacial score (nSPS) is 12.2. The zero-order chi connectivity index (χ0) is 13.0. The topological polar surface area (TPSA) is 9.23 Å². The Morgan fingerprint density at radius 1 is 1.22 bits per heavy atom. The van der Waals surface area contributed by atoms with Crippen LogP contribution in [0.25, 0.3) is 0 Å². The van der Waals surface area contributed by atoms with Crippen molar-refractivity contribution in [3.8, 4) is 5.75 Å². The minimum absolute atomic E-state index is 0.165. The lowest BCUT2D eigenvalue weighted by atomic mass is 10.0. The van der Waals surface area contributed by atoms with Gasteiger partial charge < -0.3 is 4.74 Å². The fourth-order valence-electron chi connectivity index (χ4n) is 1.79. The van der Waals surface area contributed by atoms with Crippen LogP contribution in [-0.4, -0.2) is 7.11 Å². The zero-order valence-corrected chi connectivity index (χ0v) is 11.5. The van der Waals surface area contributed by atoms with Gasteiger partial charge >= 0.3 is 0 Å². The molecule has 2 aromatic carbocycles. The van der Waals surface area contributed by atoms with Crippen LogP contribution in [-0.2, 0) is 6.42 Å². The minimum Gasteiger partial charge on any atom is -0.496 e. The Labute approximate surface area is 117 Å². The summed E-state index contributed by atoms with van der Waals surface area (Å²) in [5, 5.41) is 0.566. The third-order valence-corrected chi connectivity index (χ3v) is 3.33. The first-order valence-electron chi connectivity index (χ1n) is 5.64. The maximum atomic E-state index is 6.42. The number of ether oxygens (including phenoxy) is 1. The Hall–Kier alpha value is -1.18. The van der Waals surface area contributed by atoms with Crippen LogP contribution in [0.2, 0.25) is 5.02 Å². The van der Waals surface area contributed by atoms with Gasteiger partial charge in [0.2, 0.25) is 0 Å². The maximum absolute atomic E-state index is 6.42. The fraction of sp³-hybridized carbons (Fsp3) is 0.200. The highest BCUT2D eigenvalue weighted by atomic mass is 35.5. The molecule has 0 aromatic heterocycles. The lowest BCUT2D eigenvalue weighted by Crippen LogP contribution is -1.99. The molecule has 1 unspecified atom stereocenters. The molecule has 0 aliphatic heterocycles. The first-order valence-corrected chi connectivity index (χ1v) is 6.45. The van der Waals surface area contributed by atoms with Gasteiger partial charge in [-0.1, -0.05) is 35.9 Å². The Kier molecular flexibility index (Phi) is 4.51. The SMILES string of the molecule is COc1ccc[c]c1C(Cl)Cc1ccc(Cl)cc1. The van der Waals surface area contributed by atoms with Crippen LogP contribution in [0.1, 0.15) is 16.5 Å². The van der Waals surface area contributed by atoms with Gasteiger partial charge in [0.25, 0.3) is 0 Å². The molecule has 0 fully saturated rings. The molecule has 2 rings (SSSR count). The molecule has 1 nitrogen and oxygen atoms in total. The summed E-state index contributed by atoms with van der Waals surface area (Å²) in [6.07, 6.45) is 0.718. The molecule has 0 saturated carbocycles. The standard InChI is InChI=1S/C15H13Cl2O/c1-18-15-5-3-2-4-13(15)14(17)10-11-6-8-12(16)9-7-11/h2-3,5-9,14H,10H2,1H3. The highest BCUT2D eigenvalue weighted by molar-refractivity contribution is 6.30. The van der Waals surface area contributed by atoms with Crippen LogP contribution in [0.3, 0.4) is 0 Å². The van der Waals surface area contributed by atoms with E-state index in [-0.39, 0.29) is 5.38 Å². The van der Waals surface area contributed by atoms with Gasteiger partial charge in [-0.2, -0.15) is 0 Å². The number of halogens is 2. The average molecular weight is 280 g/mol. The predicted octanol–water partition coefficient (Wildman–Crippen LogP) is 4.67.